The summed E-state index contributed by atoms with van der Waals surface area (Å²) in [6.45, 7) is 6.89. The minimum Gasteiger partial charge on any atom is -0.496 e. The van der Waals surface area contributed by atoms with Crippen LogP contribution in [0.25, 0.3) is 0 Å². The molecule has 0 spiro atoms. The van der Waals surface area contributed by atoms with Gasteiger partial charge in [0.15, 0.2) is 10.6 Å². The van der Waals surface area contributed by atoms with Gasteiger partial charge in [-0.05, 0) is 41.9 Å². The maximum Gasteiger partial charge on any atom is 0.303 e. The first-order valence-electron chi connectivity index (χ1n) is 9.85. The van der Waals surface area contributed by atoms with Crippen LogP contribution in [0, 0.1) is 16.9 Å². The van der Waals surface area contributed by atoms with Crippen LogP contribution in [-0.4, -0.2) is 28.6 Å². The molecule has 1 aliphatic rings. The standard InChI is InChI=1S/C22H25ClN4O3S/c1-21(2,3)17-11-27(12-22(7-8-22)10-18(28)29)20(31-17)26-19(25-13-24)15-9-14(23)5-6-16(15)30-4/h5-6,9,11H,7-8,10,12H2,1-4H3,(H,28,29). The van der Waals surface area contributed by atoms with Gasteiger partial charge in [-0.25, -0.2) is 0 Å². The molecular formula is C22H25ClN4O3S. The van der Waals surface area contributed by atoms with Crippen LogP contribution >= 0.6 is 22.9 Å². The number of ether oxygens (including phenoxy) is 1. The third-order valence-corrected chi connectivity index (χ3v) is 6.89. The number of thiazole rings is 1. The largest absolute Gasteiger partial charge is 0.496 e. The van der Waals surface area contributed by atoms with Crippen molar-refractivity contribution in [2.75, 3.05) is 7.11 Å². The molecule has 2 aromatic rings. The molecule has 164 valence electrons. The van der Waals surface area contributed by atoms with E-state index in [1.807, 2.05) is 17.0 Å². The van der Waals surface area contributed by atoms with Crippen molar-refractivity contribution in [2.45, 2.75) is 52.0 Å². The van der Waals surface area contributed by atoms with Crippen LogP contribution in [0.1, 0.15) is 50.5 Å². The quantitative estimate of drug-likeness (QED) is 0.387. The zero-order valence-electron chi connectivity index (χ0n) is 18.0. The molecule has 0 unspecified atom stereocenters. The van der Waals surface area contributed by atoms with Crippen molar-refractivity contribution >= 4 is 34.7 Å². The van der Waals surface area contributed by atoms with E-state index in [2.05, 4.69) is 25.8 Å². The minimum atomic E-state index is -0.793. The molecule has 9 heteroatoms. The van der Waals surface area contributed by atoms with Gasteiger partial charge in [-0.3, -0.25) is 4.79 Å². The van der Waals surface area contributed by atoms with Gasteiger partial charge in [-0.15, -0.1) is 11.3 Å². The Morgan fingerprint density at radius 1 is 1.42 bits per heavy atom. The van der Waals surface area contributed by atoms with Crippen LogP contribution in [0.2, 0.25) is 5.02 Å². The molecule has 0 bridgehead atoms. The smallest absolute Gasteiger partial charge is 0.303 e. The Morgan fingerprint density at radius 2 is 2.13 bits per heavy atom. The summed E-state index contributed by atoms with van der Waals surface area (Å²) in [5.74, 6) is -0.0925. The molecule has 1 aromatic heterocycles. The fourth-order valence-electron chi connectivity index (χ4n) is 3.32. The van der Waals surface area contributed by atoms with E-state index in [1.54, 1.807) is 18.2 Å². The lowest BCUT2D eigenvalue weighted by Crippen LogP contribution is -2.23. The van der Waals surface area contributed by atoms with Crippen molar-refractivity contribution in [2.24, 2.45) is 15.4 Å². The molecule has 0 atom stereocenters. The molecule has 1 fully saturated rings. The van der Waals surface area contributed by atoms with Gasteiger partial charge >= 0.3 is 5.97 Å². The van der Waals surface area contributed by atoms with Gasteiger partial charge in [0.2, 0.25) is 6.19 Å². The van der Waals surface area contributed by atoms with Crippen LogP contribution in [0.5, 0.6) is 5.75 Å². The molecule has 0 radical (unpaired) electrons. The highest BCUT2D eigenvalue weighted by Crippen LogP contribution is 2.50. The lowest BCUT2D eigenvalue weighted by molar-refractivity contribution is -0.138. The summed E-state index contributed by atoms with van der Waals surface area (Å²) < 4.78 is 7.40. The summed E-state index contributed by atoms with van der Waals surface area (Å²) in [4.78, 5) is 21.7. The Balaban J connectivity index is 2.14. The fraction of sp³-hybridized carbons (Fsp3) is 0.455. The normalized spacial score (nSPS) is 16.1. The van der Waals surface area contributed by atoms with Crippen molar-refractivity contribution in [1.29, 1.82) is 5.26 Å². The molecule has 1 aliphatic carbocycles. The van der Waals surface area contributed by atoms with E-state index in [1.165, 1.54) is 18.4 Å². The SMILES string of the molecule is COc1ccc(Cl)cc1C(=NC#N)N=c1sc(C(C)(C)C)cn1CC1(CC(=O)O)CC1. The average molecular weight is 461 g/mol. The summed E-state index contributed by atoms with van der Waals surface area (Å²) in [5.41, 5.74) is 0.154. The monoisotopic (exact) mass is 460 g/mol. The van der Waals surface area contributed by atoms with Crippen LogP contribution in [0.15, 0.2) is 34.4 Å². The number of carbonyl (C=O) groups is 1. The van der Waals surface area contributed by atoms with E-state index in [4.69, 9.17) is 21.3 Å². The van der Waals surface area contributed by atoms with E-state index in [0.29, 0.717) is 27.7 Å². The number of methoxy groups -OCH3 is 1. The van der Waals surface area contributed by atoms with Gasteiger partial charge in [0, 0.05) is 22.6 Å². The predicted molar refractivity (Wildman–Crippen MR) is 121 cm³/mol. The van der Waals surface area contributed by atoms with Crippen molar-refractivity contribution in [1.82, 2.24) is 4.57 Å². The number of aliphatic imine (C=N–C) groups is 1. The summed E-state index contributed by atoms with van der Waals surface area (Å²) >= 11 is 7.67. The Hall–Kier alpha value is -2.63. The second-order valence-electron chi connectivity index (χ2n) is 8.82. The summed E-state index contributed by atoms with van der Waals surface area (Å²) in [6.07, 6.45) is 5.71. The van der Waals surface area contributed by atoms with Crippen LogP contribution in [0.4, 0.5) is 0 Å². The number of nitrogens with zero attached hydrogens (tertiary/aromatic N) is 4. The number of benzene rings is 1. The molecule has 0 aliphatic heterocycles. The maximum atomic E-state index is 11.3. The van der Waals surface area contributed by atoms with E-state index in [9.17, 15) is 15.2 Å². The van der Waals surface area contributed by atoms with Gasteiger partial charge in [-0.2, -0.15) is 15.2 Å². The van der Waals surface area contributed by atoms with E-state index >= 15 is 0 Å². The van der Waals surface area contributed by atoms with Crippen molar-refractivity contribution in [3.8, 4) is 11.9 Å². The molecule has 1 saturated carbocycles. The number of hydrogen-bond donors (Lipinski definition) is 1. The van der Waals surface area contributed by atoms with E-state index in [0.717, 1.165) is 17.7 Å². The minimum absolute atomic E-state index is 0.107. The molecule has 7 nitrogen and oxygen atoms in total. The third-order valence-electron chi connectivity index (χ3n) is 5.21. The molecule has 0 saturated heterocycles. The summed E-state index contributed by atoms with van der Waals surface area (Å²) in [6, 6.07) is 5.06. The van der Waals surface area contributed by atoms with Gasteiger partial charge in [0.05, 0.1) is 19.1 Å². The summed E-state index contributed by atoms with van der Waals surface area (Å²) in [5, 5.41) is 19.1. The molecule has 3 rings (SSSR count). The molecule has 1 N–H and O–H groups in total. The zero-order chi connectivity index (χ0) is 22.8. The molecule has 1 aromatic carbocycles. The Labute approximate surface area is 190 Å². The third kappa shape index (κ3) is 5.54. The van der Waals surface area contributed by atoms with Gasteiger partial charge in [0.25, 0.3) is 0 Å². The van der Waals surface area contributed by atoms with Crippen molar-refractivity contribution in [3.63, 3.8) is 0 Å². The van der Waals surface area contributed by atoms with Gasteiger partial charge < -0.3 is 14.4 Å². The van der Waals surface area contributed by atoms with E-state index < -0.39 is 5.97 Å². The second kappa shape index (κ2) is 8.85. The van der Waals surface area contributed by atoms with Gasteiger partial charge in [-0.1, -0.05) is 32.4 Å². The number of carboxylic acids is 1. The fourth-order valence-corrected chi connectivity index (χ4v) is 4.54. The Bertz CT molecular complexity index is 1130. The number of halogens is 1. The number of aliphatic carboxylic acids is 1. The number of carboxylic acid groups (broad SMARTS) is 1. The van der Waals surface area contributed by atoms with Crippen LogP contribution in [0.3, 0.4) is 0 Å². The summed E-state index contributed by atoms with van der Waals surface area (Å²) in [7, 11) is 1.53. The number of hydrogen-bond acceptors (Lipinski definition) is 5. The topological polar surface area (TPSA) is 100.0 Å². The maximum absolute atomic E-state index is 11.3. The first-order chi connectivity index (χ1) is 14.6. The highest BCUT2D eigenvalue weighted by Gasteiger charge is 2.45. The van der Waals surface area contributed by atoms with E-state index in [-0.39, 0.29) is 23.1 Å². The first-order valence-corrected chi connectivity index (χ1v) is 11.0. The number of nitriles is 1. The zero-order valence-corrected chi connectivity index (χ0v) is 19.5. The van der Waals surface area contributed by atoms with Crippen molar-refractivity contribution < 1.29 is 14.6 Å². The van der Waals surface area contributed by atoms with Crippen LogP contribution in [-0.2, 0) is 16.8 Å². The molecule has 0 amide bonds. The lowest BCUT2D eigenvalue weighted by Gasteiger charge is -2.16. The Kier molecular flexibility index (Phi) is 6.58. The van der Waals surface area contributed by atoms with Crippen molar-refractivity contribution in [3.05, 3.63) is 44.7 Å². The number of amidine groups is 1. The second-order valence-corrected chi connectivity index (χ2v) is 10.3. The number of aromatic nitrogens is 1. The first kappa shape index (κ1) is 23.0. The highest BCUT2D eigenvalue weighted by molar-refractivity contribution is 7.09. The lowest BCUT2D eigenvalue weighted by atomic mass is 9.95. The Morgan fingerprint density at radius 3 is 2.68 bits per heavy atom. The average Bonchev–Trinajstić information content (AvgIpc) is 3.29. The molecular weight excluding hydrogens is 436 g/mol. The van der Waals surface area contributed by atoms with Crippen LogP contribution < -0.4 is 9.54 Å². The van der Waals surface area contributed by atoms with Gasteiger partial charge in [0.1, 0.15) is 5.75 Å². The molecule has 1 heterocycles. The highest BCUT2D eigenvalue weighted by atomic mass is 35.5. The number of rotatable bonds is 6. The molecule has 31 heavy (non-hydrogen) atoms. The predicted octanol–water partition coefficient (Wildman–Crippen LogP) is 4.59.